The highest BCUT2D eigenvalue weighted by Gasteiger charge is 2.09. The molecule has 1 rings (SSSR count). The van der Waals surface area contributed by atoms with E-state index in [4.69, 9.17) is 9.47 Å². The van der Waals surface area contributed by atoms with E-state index in [1.165, 1.54) is 0 Å². The van der Waals surface area contributed by atoms with Crippen molar-refractivity contribution in [2.45, 2.75) is 6.42 Å². The molecule has 4 nitrogen and oxygen atoms in total. The summed E-state index contributed by atoms with van der Waals surface area (Å²) in [6.45, 7) is 0.674. The van der Waals surface area contributed by atoms with Crippen molar-refractivity contribution in [2.75, 3.05) is 27.8 Å². The average Bonchev–Trinajstić information content (AvgIpc) is 2.34. The van der Waals surface area contributed by atoms with Crippen molar-refractivity contribution in [2.24, 2.45) is 0 Å². The number of ketones is 1. The molecule has 0 amide bonds. The van der Waals surface area contributed by atoms with Crippen molar-refractivity contribution in [3.8, 4) is 11.5 Å². The Morgan fingerprint density at radius 2 is 1.88 bits per heavy atom. The van der Waals surface area contributed by atoms with Crippen molar-refractivity contribution >= 4 is 5.78 Å². The summed E-state index contributed by atoms with van der Waals surface area (Å²) in [5.41, 5.74) is 0.646. The van der Waals surface area contributed by atoms with Crippen LogP contribution in [0.15, 0.2) is 18.2 Å². The van der Waals surface area contributed by atoms with Gasteiger partial charge in [0.15, 0.2) is 17.3 Å². The van der Waals surface area contributed by atoms with Crippen molar-refractivity contribution in [3.05, 3.63) is 23.8 Å². The Morgan fingerprint density at radius 3 is 2.41 bits per heavy atom. The second-order valence-corrected chi connectivity index (χ2v) is 3.35. The molecule has 96 valence electrons. The second kappa shape index (κ2) is 7.92. The molecule has 0 heterocycles. The number of halogens is 1. The number of Topliss-reactive ketones (excluding diaryl/α,β-unsaturated/α-hetero) is 1. The Kier molecular flexibility index (Phi) is 7.34. The highest BCUT2D eigenvalue weighted by Crippen LogP contribution is 2.27. The molecule has 0 unspecified atom stereocenters. The summed E-state index contributed by atoms with van der Waals surface area (Å²) in [5, 5.41) is 2.94. The van der Waals surface area contributed by atoms with E-state index in [9.17, 15) is 4.79 Å². The minimum atomic E-state index is 0. The minimum Gasteiger partial charge on any atom is -1.00 e. The molecular formula is C12H17ClNO3-. The lowest BCUT2D eigenvalue weighted by molar-refractivity contribution is -0.0000119. The standard InChI is InChI=1S/C12H17NO3.ClH/c1-13-7-6-10(14)9-4-5-11(15-2)12(8-9)16-3;/h4-5,8,13H,6-7H2,1-3H3;1H/p-1. The van der Waals surface area contributed by atoms with E-state index in [1.807, 2.05) is 7.05 Å². The first kappa shape index (κ1) is 15.7. The molecule has 0 bridgehead atoms. The lowest BCUT2D eigenvalue weighted by atomic mass is 10.1. The van der Waals surface area contributed by atoms with Gasteiger partial charge in [-0.3, -0.25) is 4.79 Å². The van der Waals surface area contributed by atoms with Gasteiger partial charge >= 0.3 is 0 Å². The van der Waals surface area contributed by atoms with E-state index in [0.29, 0.717) is 30.0 Å². The maximum absolute atomic E-state index is 11.7. The number of benzene rings is 1. The molecule has 0 aliphatic rings. The number of methoxy groups -OCH3 is 2. The first-order chi connectivity index (χ1) is 7.72. The predicted molar refractivity (Wildman–Crippen MR) is 62.4 cm³/mol. The highest BCUT2D eigenvalue weighted by molar-refractivity contribution is 5.96. The number of ether oxygens (including phenoxy) is 2. The summed E-state index contributed by atoms with van der Waals surface area (Å²) in [7, 11) is 4.95. The zero-order valence-corrected chi connectivity index (χ0v) is 11.0. The van der Waals surface area contributed by atoms with Crippen molar-refractivity contribution in [1.29, 1.82) is 0 Å². The van der Waals surface area contributed by atoms with Crippen LogP contribution in [0.3, 0.4) is 0 Å². The maximum Gasteiger partial charge on any atom is 0.164 e. The van der Waals surface area contributed by atoms with Crippen LogP contribution in [0.1, 0.15) is 16.8 Å². The van der Waals surface area contributed by atoms with Crippen LogP contribution in [0, 0.1) is 0 Å². The molecule has 1 N–H and O–H groups in total. The summed E-state index contributed by atoms with van der Waals surface area (Å²) < 4.78 is 10.2. The van der Waals surface area contributed by atoms with Crippen LogP contribution in [0.4, 0.5) is 0 Å². The molecule has 0 saturated heterocycles. The molecule has 0 aliphatic carbocycles. The van der Waals surface area contributed by atoms with Gasteiger partial charge < -0.3 is 27.2 Å². The van der Waals surface area contributed by atoms with Crippen LogP contribution < -0.4 is 27.2 Å². The topological polar surface area (TPSA) is 47.6 Å². The lowest BCUT2D eigenvalue weighted by Crippen LogP contribution is -3.00. The van der Waals surface area contributed by atoms with Crippen LogP contribution in [-0.4, -0.2) is 33.6 Å². The van der Waals surface area contributed by atoms with Gasteiger partial charge in [0.05, 0.1) is 14.2 Å². The van der Waals surface area contributed by atoms with Gasteiger partial charge in [-0.2, -0.15) is 0 Å². The van der Waals surface area contributed by atoms with Gasteiger partial charge in [0.1, 0.15) is 0 Å². The molecular weight excluding hydrogens is 242 g/mol. The van der Waals surface area contributed by atoms with Crippen molar-refractivity contribution in [3.63, 3.8) is 0 Å². The largest absolute Gasteiger partial charge is 1.00 e. The third-order valence-corrected chi connectivity index (χ3v) is 2.31. The predicted octanol–water partition coefficient (Wildman–Crippen LogP) is -1.50. The fourth-order valence-electron chi connectivity index (χ4n) is 1.39. The number of carbonyl (C=O) groups is 1. The molecule has 5 heteroatoms. The molecule has 0 atom stereocenters. The summed E-state index contributed by atoms with van der Waals surface area (Å²) in [5.74, 6) is 1.31. The molecule has 1 aromatic carbocycles. The van der Waals surface area contributed by atoms with Crippen LogP contribution in [-0.2, 0) is 0 Å². The summed E-state index contributed by atoms with van der Waals surface area (Å²) in [6, 6.07) is 5.20. The van der Waals surface area contributed by atoms with Gasteiger partial charge in [0, 0.05) is 18.5 Å². The Morgan fingerprint density at radius 1 is 1.24 bits per heavy atom. The van der Waals surface area contributed by atoms with Gasteiger partial charge in [-0.25, -0.2) is 0 Å². The van der Waals surface area contributed by atoms with E-state index in [0.717, 1.165) is 0 Å². The fourth-order valence-corrected chi connectivity index (χ4v) is 1.39. The highest BCUT2D eigenvalue weighted by atomic mass is 35.5. The zero-order chi connectivity index (χ0) is 12.0. The van der Waals surface area contributed by atoms with E-state index in [2.05, 4.69) is 5.32 Å². The lowest BCUT2D eigenvalue weighted by Gasteiger charge is -2.08. The molecule has 0 spiro atoms. The number of hydrogen-bond donors (Lipinski definition) is 1. The zero-order valence-electron chi connectivity index (χ0n) is 10.2. The molecule has 0 aromatic heterocycles. The number of carbonyl (C=O) groups excluding carboxylic acids is 1. The van der Waals surface area contributed by atoms with Crippen LogP contribution in [0.5, 0.6) is 11.5 Å². The number of rotatable bonds is 6. The average molecular weight is 259 g/mol. The Hall–Kier alpha value is -1.26. The third-order valence-electron chi connectivity index (χ3n) is 2.31. The molecule has 0 aliphatic heterocycles. The monoisotopic (exact) mass is 258 g/mol. The Balaban J connectivity index is 0.00000256. The molecule has 1 aromatic rings. The summed E-state index contributed by atoms with van der Waals surface area (Å²) >= 11 is 0. The smallest absolute Gasteiger partial charge is 0.164 e. The summed E-state index contributed by atoms with van der Waals surface area (Å²) in [4.78, 5) is 11.7. The van der Waals surface area contributed by atoms with Crippen molar-refractivity contribution < 1.29 is 26.7 Å². The maximum atomic E-state index is 11.7. The normalized spacial score (nSPS) is 9.35. The van der Waals surface area contributed by atoms with Crippen LogP contribution >= 0.6 is 0 Å². The quantitative estimate of drug-likeness (QED) is 0.631. The van der Waals surface area contributed by atoms with E-state index < -0.39 is 0 Å². The van der Waals surface area contributed by atoms with Gasteiger partial charge in [-0.15, -0.1) is 0 Å². The van der Waals surface area contributed by atoms with Crippen LogP contribution in [0.25, 0.3) is 0 Å². The first-order valence-corrected chi connectivity index (χ1v) is 5.12. The molecule has 0 fully saturated rings. The Labute approximate surface area is 108 Å². The number of nitrogens with one attached hydrogen (secondary N) is 1. The van der Waals surface area contributed by atoms with Gasteiger partial charge in [-0.1, -0.05) is 0 Å². The van der Waals surface area contributed by atoms with E-state index in [1.54, 1.807) is 32.4 Å². The van der Waals surface area contributed by atoms with Crippen molar-refractivity contribution in [1.82, 2.24) is 5.32 Å². The van der Waals surface area contributed by atoms with Gasteiger partial charge in [-0.05, 0) is 25.2 Å². The number of hydrogen-bond acceptors (Lipinski definition) is 4. The molecule has 0 radical (unpaired) electrons. The third kappa shape index (κ3) is 4.24. The fraction of sp³-hybridized carbons (Fsp3) is 0.417. The first-order valence-electron chi connectivity index (χ1n) is 5.12. The summed E-state index contributed by atoms with van der Waals surface area (Å²) in [6.07, 6.45) is 0.478. The Bertz CT molecular complexity index is 369. The van der Waals surface area contributed by atoms with Crippen LogP contribution in [0.2, 0.25) is 0 Å². The van der Waals surface area contributed by atoms with E-state index >= 15 is 0 Å². The second-order valence-electron chi connectivity index (χ2n) is 3.35. The van der Waals surface area contributed by atoms with Gasteiger partial charge in [0.25, 0.3) is 0 Å². The van der Waals surface area contributed by atoms with Gasteiger partial charge in [0.2, 0.25) is 0 Å². The minimum absolute atomic E-state index is 0. The SMILES string of the molecule is CNCCC(=O)c1ccc(OC)c(OC)c1.[Cl-]. The molecule has 17 heavy (non-hydrogen) atoms. The molecule has 0 saturated carbocycles. The van der Waals surface area contributed by atoms with E-state index in [-0.39, 0.29) is 18.2 Å².